The van der Waals surface area contributed by atoms with Crippen molar-refractivity contribution >= 4 is 23.2 Å². The zero-order valence-corrected chi connectivity index (χ0v) is 19.1. The molecule has 1 saturated heterocycles. The van der Waals surface area contributed by atoms with Crippen LogP contribution < -0.4 is 10.6 Å². The van der Waals surface area contributed by atoms with E-state index in [1.807, 2.05) is 13.0 Å². The molecule has 1 fully saturated rings. The summed E-state index contributed by atoms with van der Waals surface area (Å²) in [5.41, 5.74) is 5.59. The van der Waals surface area contributed by atoms with Crippen LogP contribution >= 0.6 is 0 Å². The molecule has 3 aromatic rings. The molecule has 0 saturated carbocycles. The molecule has 1 aliphatic heterocycles. The van der Waals surface area contributed by atoms with Crippen LogP contribution in [0.25, 0.3) is 0 Å². The lowest BCUT2D eigenvalue weighted by molar-refractivity contribution is -0.131. The number of hydrogen-bond acceptors (Lipinski definition) is 7. The number of nitrogens with zero attached hydrogens (tertiary/aromatic N) is 4. The molecule has 0 aliphatic carbocycles. The molecule has 0 unspecified atom stereocenters. The predicted octanol–water partition coefficient (Wildman–Crippen LogP) is 3.27. The molecular weight excluding hydrogens is 420 g/mol. The Hall–Kier alpha value is -3.75. The molecule has 1 atom stereocenters. The first-order chi connectivity index (χ1) is 15.9. The van der Waals surface area contributed by atoms with Gasteiger partial charge >= 0.3 is 0 Å². The van der Waals surface area contributed by atoms with Crippen LogP contribution in [-0.4, -0.2) is 51.6 Å². The third-order valence-electron chi connectivity index (χ3n) is 5.77. The van der Waals surface area contributed by atoms with Crippen LogP contribution in [0.1, 0.15) is 51.9 Å². The fourth-order valence-electron chi connectivity index (χ4n) is 4.01. The fourth-order valence-corrected chi connectivity index (χ4v) is 4.01. The number of aryl methyl sites for hydroxylation is 3. The second-order valence-electron chi connectivity index (χ2n) is 8.47. The van der Waals surface area contributed by atoms with Gasteiger partial charge in [-0.1, -0.05) is 22.9 Å². The number of amides is 2. The van der Waals surface area contributed by atoms with Gasteiger partial charge in [-0.05, 0) is 63.0 Å². The smallest absolute Gasteiger partial charge is 0.275 e. The van der Waals surface area contributed by atoms with Crippen LogP contribution in [0, 0.1) is 20.8 Å². The van der Waals surface area contributed by atoms with E-state index in [2.05, 4.69) is 62.8 Å². The Morgan fingerprint density at radius 1 is 1.09 bits per heavy atom. The zero-order valence-electron chi connectivity index (χ0n) is 19.1. The molecule has 1 aromatic carbocycles. The molecule has 2 N–H and O–H groups in total. The van der Waals surface area contributed by atoms with Gasteiger partial charge in [-0.25, -0.2) is 4.63 Å². The second-order valence-corrected chi connectivity index (χ2v) is 8.47. The maximum Gasteiger partial charge on any atom is 0.275 e. The van der Waals surface area contributed by atoms with Gasteiger partial charge in [-0.15, -0.1) is 0 Å². The lowest BCUT2D eigenvalue weighted by Gasteiger charge is -2.33. The summed E-state index contributed by atoms with van der Waals surface area (Å²) < 4.78 is 4.55. The molecule has 9 nitrogen and oxygen atoms in total. The Morgan fingerprint density at radius 2 is 1.88 bits per heavy atom. The van der Waals surface area contributed by atoms with Crippen LogP contribution in [-0.2, 0) is 4.79 Å². The molecule has 0 bridgehead atoms. The number of likely N-dealkylation sites (tertiary alicyclic amines) is 1. The Morgan fingerprint density at radius 3 is 2.61 bits per heavy atom. The number of aromatic nitrogens is 3. The summed E-state index contributed by atoms with van der Waals surface area (Å²) in [5, 5.41) is 13.2. The van der Waals surface area contributed by atoms with E-state index < -0.39 is 5.91 Å². The highest BCUT2D eigenvalue weighted by Gasteiger charge is 2.26. The number of carbonyl (C=O) groups excluding carboxylic acids is 2. The first-order valence-corrected chi connectivity index (χ1v) is 11.1. The second kappa shape index (κ2) is 9.81. The van der Waals surface area contributed by atoms with Gasteiger partial charge in [0.15, 0.2) is 5.69 Å². The lowest BCUT2D eigenvalue weighted by atomic mass is 9.93. The number of anilines is 2. The summed E-state index contributed by atoms with van der Waals surface area (Å²) in [4.78, 5) is 31.5. The Kier molecular flexibility index (Phi) is 6.67. The molecular formula is C24H28N6O3. The van der Waals surface area contributed by atoms with Crippen LogP contribution in [0.2, 0.25) is 0 Å². The highest BCUT2D eigenvalue weighted by Crippen LogP contribution is 2.29. The Labute approximate surface area is 192 Å². The van der Waals surface area contributed by atoms with Gasteiger partial charge in [0.25, 0.3) is 5.91 Å². The van der Waals surface area contributed by atoms with Gasteiger partial charge in [0, 0.05) is 41.8 Å². The number of hydrogen-bond donors (Lipinski definition) is 2. The molecule has 1 aliphatic rings. The Balaban J connectivity index is 1.39. The van der Waals surface area contributed by atoms with E-state index in [0.717, 1.165) is 35.6 Å². The molecule has 9 heteroatoms. The van der Waals surface area contributed by atoms with Gasteiger partial charge in [-0.2, -0.15) is 0 Å². The standard InChI is InChI=1S/C24H28N6O3/c1-15-6-8-19(9-7-15)27-20-11-16(2)26-21(12-20)18-5-4-10-30(14-18)22(31)13-25-24(32)23-17(3)28-33-29-23/h6-9,11-12,18H,4-5,10,13-14H2,1-3H3,(H,25,32)(H,26,27)/t18-/m1/s1. The average Bonchev–Trinajstić information content (AvgIpc) is 3.24. The van der Waals surface area contributed by atoms with E-state index in [1.165, 1.54) is 5.56 Å². The minimum atomic E-state index is -0.470. The number of rotatable bonds is 6. The highest BCUT2D eigenvalue weighted by molar-refractivity contribution is 5.95. The van der Waals surface area contributed by atoms with Crippen molar-refractivity contribution < 1.29 is 14.2 Å². The predicted molar refractivity (Wildman–Crippen MR) is 123 cm³/mol. The first kappa shape index (κ1) is 22.4. The number of carbonyl (C=O) groups is 2. The van der Waals surface area contributed by atoms with E-state index >= 15 is 0 Å². The zero-order chi connectivity index (χ0) is 23.4. The third-order valence-corrected chi connectivity index (χ3v) is 5.77. The maximum atomic E-state index is 12.8. The third kappa shape index (κ3) is 5.54. The van der Waals surface area contributed by atoms with Crippen molar-refractivity contribution in [1.82, 2.24) is 25.5 Å². The molecule has 33 heavy (non-hydrogen) atoms. The van der Waals surface area contributed by atoms with Crippen molar-refractivity contribution in [2.75, 3.05) is 25.0 Å². The average molecular weight is 449 g/mol. The molecule has 0 spiro atoms. The van der Waals surface area contributed by atoms with E-state index in [9.17, 15) is 9.59 Å². The van der Waals surface area contributed by atoms with Crippen LogP contribution in [0.15, 0.2) is 41.0 Å². The molecule has 172 valence electrons. The molecule has 4 rings (SSSR count). The maximum absolute atomic E-state index is 12.8. The van der Waals surface area contributed by atoms with Gasteiger partial charge < -0.3 is 15.5 Å². The van der Waals surface area contributed by atoms with Crippen LogP contribution in [0.4, 0.5) is 11.4 Å². The van der Waals surface area contributed by atoms with Gasteiger partial charge in [-0.3, -0.25) is 14.6 Å². The monoisotopic (exact) mass is 448 g/mol. The number of pyridine rings is 1. The van der Waals surface area contributed by atoms with Crippen LogP contribution in [0.3, 0.4) is 0 Å². The van der Waals surface area contributed by atoms with Gasteiger partial charge in [0.2, 0.25) is 5.91 Å². The summed E-state index contributed by atoms with van der Waals surface area (Å²) in [6.07, 6.45) is 1.84. The number of benzene rings is 1. The molecule has 3 heterocycles. The van der Waals surface area contributed by atoms with E-state index in [-0.39, 0.29) is 24.1 Å². The van der Waals surface area contributed by atoms with Crippen molar-refractivity contribution in [3.05, 3.63) is 64.7 Å². The number of piperidine rings is 1. The summed E-state index contributed by atoms with van der Waals surface area (Å²) in [7, 11) is 0. The minimum absolute atomic E-state index is 0.0943. The highest BCUT2D eigenvalue weighted by atomic mass is 16.6. The molecule has 0 radical (unpaired) electrons. The van der Waals surface area contributed by atoms with Gasteiger partial charge in [0.1, 0.15) is 5.69 Å². The summed E-state index contributed by atoms with van der Waals surface area (Å²) in [6.45, 7) is 6.80. The molecule has 2 amide bonds. The number of nitrogens with one attached hydrogen (secondary N) is 2. The molecule has 2 aromatic heterocycles. The van der Waals surface area contributed by atoms with Crippen molar-refractivity contribution in [2.24, 2.45) is 0 Å². The first-order valence-electron chi connectivity index (χ1n) is 11.1. The van der Waals surface area contributed by atoms with Crippen LogP contribution in [0.5, 0.6) is 0 Å². The van der Waals surface area contributed by atoms with Crippen molar-refractivity contribution in [3.63, 3.8) is 0 Å². The largest absolute Gasteiger partial charge is 0.355 e. The summed E-state index contributed by atoms with van der Waals surface area (Å²) in [6, 6.07) is 12.3. The van der Waals surface area contributed by atoms with Gasteiger partial charge in [0.05, 0.1) is 6.54 Å². The normalized spacial score (nSPS) is 15.8. The lowest BCUT2D eigenvalue weighted by Crippen LogP contribution is -2.44. The van der Waals surface area contributed by atoms with E-state index in [4.69, 9.17) is 4.98 Å². The summed E-state index contributed by atoms with van der Waals surface area (Å²) >= 11 is 0. The SMILES string of the molecule is Cc1ccc(Nc2cc(C)nc([C@@H]3CCCN(C(=O)CNC(=O)c4nonc4C)C3)c2)cc1. The van der Waals surface area contributed by atoms with E-state index in [0.29, 0.717) is 18.8 Å². The fraction of sp³-hybridized carbons (Fsp3) is 0.375. The van der Waals surface area contributed by atoms with Crippen molar-refractivity contribution in [3.8, 4) is 0 Å². The summed E-state index contributed by atoms with van der Waals surface area (Å²) in [5.74, 6) is -0.463. The Bertz CT molecular complexity index is 1140. The van der Waals surface area contributed by atoms with Crippen molar-refractivity contribution in [2.45, 2.75) is 39.5 Å². The van der Waals surface area contributed by atoms with E-state index in [1.54, 1.807) is 11.8 Å². The topological polar surface area (TPSA) is 113 Å². The quantitative estimate of drug-likeness (QED) is 0.595. The van der Waals surface area contributed by atoms with Crippen molar-refractivity contribution in [1.29, 1.82) is 0 Å². The minimum Gasteiger partial charge on any atom is -0.355 e.